The Bertz CT molecular complexity index is 111. The van der Waals surface area contributed by atoms with Crippen LogP contribution in [0.25, 0.3) is 0 Å². The van der Waals surface area contributed by atoms with E-state index in [1.807, 2.05) is 0 Å². The van der Waals surface area contributed by atoms with Gasteiger partial charge < -0.3 is 4.52 Å². The molecule has 1 unspecified atom stereocenters. The van der Waals surface area contributed by atoms with E-state index in [1.54, 1.807) is 13.8 Å². The van der Waals surface area contributed by atoms with E-state index in [2.05, 4.69) is 4.52 Å². The van der Waals surface area contributed by atoms with Gasteiger partial charge in [-0.1, -0.05) is 0 Å². The topological polar surface area (TPSA) is 26.3 Å². The van der Waals surface area contributed by atoms with Gasteiger partial charge in [0.15, 0.2) is 0 Å². The van der Waals surface area contributed by atoms with Crippen LogP contribution in [0.15, 0.2) is 0 Å². The molecule has 0 aromatic carbocycles. The van der Waals surface area contributed by atoms with Crippen LogP contribution in [0, 0.1) is 6.15 Å². The molecule has 0 bridgehead atoms. The Labute approximate surface area is 54.7 Å². The Hall–Kier alpha value is 0.0291. The van der Waals surface area contributed by atoms with Crippen molar-refractivity contribution in [3.63, 3.8) is 0 Å². The Kier molecular flexibility index (Phi) is 5.16. The smallest absolute Gasteiger partial charge is 0.303 e. The van der Waals surface area contributed by atoms with Crippen LogP contribution in [0.2, 0.25) is 0 Å². The molecular weight excluding hydrogens is 134 g/mol. The predicted molar refractivity (Wildman–Crippen MR) is 30.9 cm³/mol. The van der Waals surface area contributed by atoms with E-state index >= 15 is 0 Å². The molecule has 0 spiro atoms. The van der Waals surface area contributed by atoms with Crippen LogP contribution in [0.1, 0.15) is 13.8 Å². The number of halogens is 1. The zero-order valence-corrected chi connectivity index (χ0v) is 6.82. The summed E-state index contributed by atoms with van der Waals surface area (Å²) in [4.78, 5) is 0. The second-order valence-electron chi connectivity index (χ2n) is 1.90. The minimum absolute atomic E-state index is 0. The van der Waals surface area contributed by atoms with E-state index < -0.39 is 7.68 Å². The summed E-state index contributed by atoms with van der Waals surface area (Å²) in [6.07, 6.45) is -0.296. The molecule has 1 atom stereocenters. The van der Waals surface area contributed by atoms with Crippen molar-refractivity contribution in [2.24, 2.45) is 0 Å². The van der Waals surface area contributed by atoms with Gasteiger partial charge in [-0.15, -0.1) is 0 Å². The molecule has 0 aliphatic heterocycles. The summed E-state index contributed by atoms with van der Waals surface area (Å²) in [7, 11) is -3.72. The summed E-state index contributed by atoms with van der Waals surface area (Å²) in [6.45, 7) is 4.22. The molecule has 0 saturated carbocycles. The first-order chi connectivity index (χ1) is 3.42. The van der Waals surface area contributed by atoms with Gasteiger partial charge in [-0.05, 0) is 13.8 Å². The van der Waals surface area contributed by atoms with Crippen molar-refractivity contribution in [3.8, 4) is 0 Å². The van der Waals surface area contributed by atoms with Crippen molar-refractivity contribution in [2.45, 2.75) is 20.0 Å². The summed E-state index contributed by atoms with van der Waals surface area (Å²) in [5.74, 6) is 0. The molecule has 0 aliphatic carbocycles. The first-order valence-corrected chi connectivity index (χ1v) is 4.33. The van der Waals surface area contributed by atoms with Crippen LogP contribution in [0.4, 0.5) is 4.20 Å². The van der Waals surface area contributed by atoms with Crippen molar-refractivity contribution in [1.82, 2.24) is 0 Å². The van der Waals surface area contributed by atoms with Gasteiger partial charge in [0.25, 0.3) is 0 Å². The summed E-state index contributed by atoms with van der Waals surface area (Å²) < 4.78 is 26.4. The maximum absolute atomic E-state index is 12.0. The maximum Gasteiger partial charge on any atom is 0.364 e. The molecular formula is C4H10FHeO2P. The molecule has 0 saturated heterocycles. The molecule has 5 heteroatoms. The van der Waals surface area contributed by atoms with Crippen LogP contribution in [-0.4, -0.2) is 12.8 Å². The van der Waals surface area contributed by atoms with Gasteiger partial charge in [0.1, 0.15) is 0 Å². The van der Waals surface area contributed by atoms with Crippen molar-refractivity contribution in [3.05, 3.63) is 0 Å². The molecule has 0 amide bonds. The Morgan fingerprint density at radius 3 is 1.89 bits per heavy atom. The normalized spacial score (nSPS) is 16.6. The largest absolute Gasteiger partial charge is 0.364 e. The molecule has 2 nitrogen and oxygen atoms in total. The van der Waals surface area contributed by atoms with Crippen molar-refractivity contribution in [2.75, 3.05) is 6.66 Å². The molecule has 9 heavy (non-hydrogen) atoms. The third-order valence-electron chi connectivity index (χ3n) is 0.399. The van der Waals surface area contributed by atoms with E-state index in [0.717, 1.165) is 6.66 Å². The van der Waals surface area contributed by atoms with Crippen LogP contribution in [0.5, 0.6) is 0 Å². The first-order valence-electron chi connectivity index (χ1n) is 2.37. The van der Waals surface area contributed by atoms with Gasteiger partial charge in [-0.25, -0.2) is 0 Å². The van der Waals surface area contributed by atoms with Crippen LogP contribution in [-0.2, 0) is 9.09 Å². The van der Waals surface area contributed by atoms with Gasteiger partial charge >= 0.3 is 7.68 Å². The predicted octanol–water partition coefficient (Wildman–Crippen LogP) is 2.20. The van der Waals surface area contributed by atoms with Crippen molar-refractivity contribution >= 4 is 7.68 Å². The fourth-order valence-corrected chi connectivity index (χ4v) is 1.13. The SMILES string of the molecule is CC(C)OP(C)(=O)F.[He]. The summed E-state index contributed by atoms with van der Waals surface area (Å²) >= 11 is 0. The molecule has 0 aliphatic rings. The first kappa shape index (κ1) is 11.8. The van der Waals surface area contributed by atoms with Crippen LogP contribution >= 0.6 is 7.68 Å². The molecule has 0 heterocycles. The molecule has 0 aromatic heterocycles. The van der Waals surface area contributed by atoms with E-state index in [-0.39, 0.29) is 12.3 Å². The quantitative estimate of drug-likeness (QED) is 0.555. The van der Waals surface area contributed by atoms with Gasteiger partial charge in [0.2, 0.25) is 0 Å². The molecule has 0 N–H and O–H groups in total. The average Bonchev–Trinajstić information content (AvgIpc) is 1.21. The van der Waals surface area contributed by atoms with E-state index in [1.165, 1.54) is 0 Å². The van der Waals surface area contributed by atoms with E-state index in [0.29, 0.717) is 0 Å². The standard InChI is InChI=1S/C4H10FO2P.He/c1-4(2)7-8(3,5)6;/h4H,1-3H3;. The Balaban J connectivity index is 0. The van der Waals surface area contributed by atoms with Crippen LogP contribution in [0.3, 0.4) is 0 Å². The second-order valence-corrected chi connectivity index (χ2v) is 3.61. The third kappa shape index (κ3) is 11.5. The zero-order chi connectivity index (χ0) is 6.78. The zero-order valence-electron chi connectivity index (χ0n) is 5.93. The van der Waals surface area contributed by atoms with Gasteiger partial charge in [-0.2, -0.15) is 4.20 Å². The fourth-order valence-electron chi connectivity index (χ4n) is 0.377. The Morgan fingerprint density at radius 2 is 1.89 bits per heavy atom. The van der Waals surface area contributed by atoms with Gasteiger partial charge in [0.05, 0.1) is 6.10 Å². The average molecular weight is 144 g/mol. The monoisotopic (exact) mass is 144 g/mol. The minimum atomic E-state index is -3.72. The molecule has 0 fully saturated rings. The minimum Gasteiger partial charge on any atom is -0.303 e. The van der Waals surface area contributed by atoms with E-state index in [4.69, 9.17) is 0 Å². The van der Waals surface area contributed by atoms with Gasteiger partial charge in [-0.3, -0.25) is 4.57 Å². The fraction of sp³-hybridized carbons (Fsp3) is 1.00. The summed E-state index contributed by atoms with van der Waals surface area (Å²) in [5, 5.41) is 0. The molecule has 52 valence electrons. The number of hydrogen-bond acceptors (Lipinski definition) is 2. The third-order valence-corrected chi connectivity index (χ3v) is 1.20. The van der Waals surface area contributed by atoms with Crippen molar-refractivity contribution < 1.29 is 19.4 Å². The maximum atomic E-state index is 12.0. The summed E-state index contributed by atoms with van der Waals surface area (Å²) in [6, 6.07) is 0. The second kappa shape index (κ2) is 3.94. The van der Waals surface area contributed by atoms with E-state index in [9.17, 15) is 8.76 Å². The Morgan fingerprint density at radius 1 is 1.56 bits per heavy atom. The molecule has 0 radical (unpaired) electrons. The number of rotatable bonds is 2. The molecule has 0 aromatic rings. The molecule has 0 rings (SSSR count). The van der Waals surface area contributed by atoms with Gasteiger partial charge in [0, 0.05) is 12.8 Å². The summed E-state index contributed by atoms with van der Waals surface area (Å²) in [5.41, 5.74) is 0. The van der Waals surface area contributed by atoms with Crippen LogP contribution < -0.4 is 0 Å². The van der Waals surface area contributed by atoms with Crippen molar-refractivity contribution in [1.29, 1.82) is 0 Å². The number of hydrogen-bond donors (Lipinski definition) is 0.